The summed E-state index contributed by atoms with van der Waals surface area (Å²) in [7, 11) is 0. The minimum atomic E-state index is -0.124. The van der Waals surface area contributed by atoms with Crippen LogP contribution in [0.4, 0.5) is 23.3 Å². The molecule has 0 radical (unpaired) electrons. The Balaban J connectivity index is 1.37. The lowest BCUT2D eigenvalue weighted by Gasteiger charge is -2.32. The number of piperidine rings is 1. The summed E-state index contributed by atoms with van der Waals surface area (Å²) >= 11 is 6.20. The minimum Gasteiger partial charge on any atom is -0.489 e. The van der Waals surface area contributed by atoms with Crippen molar-refractivity contribution in [3.8, 4) is 5.75 Å². The predicted molar refractivity (Wildman–Crippen MR) is 121 cm³/mol. The lowest BCUT2D eigenvalue weighted by molar-refractivity contribution is -0.114. The zero-order valence-corrected chi connectivity index (χ0v) is 17.8. The number of benzene rings is 2. The summed E-state index contributed by atoms with van der Waals surface area (Å²) in [5.74, 6) is 1.66. The van der Waals surface area contributed by atoms with E-state index in [4.69, 9.17) is 16.3 Å². The van der Waals surface area contributed by atoms with E-state index >= 15 is 0 Å². The van der Waals surface area contributed by atoms with Crippen molar-refractivity contribution >= 4 is 40.8 Å². The van der Waals surface area contributed by atoms with Gasteiger partial charge in [0.1, 0.15) is 18.2 Å². The zero-order valence-electron chi connectivity index (χ0n) is 17.1. The molecule has 1 saturated heterocycles. The summed E-state index contributed by atoms with van der Waals surface area (Å²) in [5.41, 5.74) is 1.47. The van der Waals surface area contributed by atoms with Crippen LogP contribution >= 0.6 is 11.6 Å². The van der Waals surface area contributed by atoms with Crippen LogP contribution in [0.15, 0.2) is 54.9 Å². The van der Waals surface area contributed by atoms with E-state index in [1.165, 1.54) is 13.3 Å². The molecule has 1 aliphatic heterocycles. The van der Waals surface area contributed by atoms with E-state index < -0.39 is 0 Å². The Bertz CT molecular complexity index is 1060. The highest BCUT2D eigenvalue weighted by atomic mass is 35.5. The maximum absolute atomic E-state index is 11.3. The van der Waals surface area contributed by atoms with Crippen LogP contribution in [-0.4, -0.2) is 40.1 Å². The molecule has 4 rings (SSSR count). The van der Waals surface area contributed by atoms with Crippen LogP contribution in [-0.2, 0) is 4.79 Å². The first-order valence-corrected chi connectivity index (χ1v) is 10.4. The van der Waals surface area contributed by atoms with Gasteiger partial charge in [-0.15, -0.1) is 0 Å². The molecule has 1 aromatic heterocycles. The highest BCUT2D eigenvalue weighted by Gasteiger charge is 2.23. The average molecular weight is 439 g/mol. The van der Waals surface area contributed by atoms with Gasteiger partial charge in [0.25, 0.3) is 0 Å². The Kier molecular flexibility index (Phi) is 6.47. The Morgan fingerprint density at radius 3 is 2.65 bits per heavy atom. The van der Waals surface area contributed by atoms with E-state index in [9.17, 15) is 4.79 Å². The number of carbonyl (C=O) groups excluding carboxylic acids is 1. The third-order valence-corrected chi connectivity index (χ3v) is 5.17. The van der Waals surface area contributed by atoms with E-state index in [0.717, 1.165) is 37.4 Å². The van der Waals surface area contributed by atoms with E-state index in [-0.39, 0.29) is 12.0 Å². The van der Waals surface area contributed by atoms with Crippen molar-refractivity contribution in [2.24, 2.45) is 0 Å². The van der Waals surface area contributed by atoms with E-state index in [0.29, 0.717) is 22.6 Å². The average Bonchev–Trinajstić information content (AvgIpc) is 2.76. The monoisotopic (exact) mass is 438 g/mol. The number of carbonyl (C=O) groups is 1. The zero-order chi connectivity index (χ0) is 21.6. The van der Waals surface area contributed by atoms with Crippen LogP contribution < -0.4 is 20.3 Å². The number of halogens is 1. The number of anilines is 4. The maximum atomic E-state index is 11.3. The SMILES string of the molecule is CC(=O)Nc1cccc(Nc2ncnc(N3CCC(Oc4ccccc4Cl)CC3)n2)c1. The molecule has 160 valence electrons. The van der Waals surface area contributed by atoms with E-state index in [1.807, 2.05) is 48.5 Å². The summed E-state index contributed by atoms with van der Waals surface area (Å²) in [4.78, 5) is 26.5. The van der Waals surface area contributed by atoms with Crippen molar-refractivity contribution in [1.29, 1.82) is 0 Å². The molecule has 2 aromatic carbocycles. The number of hydrogen-bond donors (Lipinski definition) is 2. The fourth-order valence-corrected chi connectivity index (χ4v) is 3.58. The van der Waals surface area contributed by atoms with Crippen LogP contribution in [0.2, 0.25) is 5.02 Å². The van der Waals surface area contributed by atoms with Gasteiger partial charge >= 0.3 is 0 Å². The lowest BCUT2D eigenvalue weighted by Crippen LogP contribution is -2.39. The van der Waals surface area contributed by atoms with Crippen LogP contribution in [0.5, 0.6) is 5.75 Å². The van der Waals surface area contributed by atoms with Gasteiger partial charge in [0, 0.05) is 44.2 Å². The van der Waals surface area contributed by atoms with Crippen molar-refractivity contribution in [2.75, 3.05) is 28.6 Å². The Labute approximate surface area is 185 Å². The summed E-state index contributed by atoms with van der Waals surface area (Å²) in [6.07, 6.45) is 3.29. The van der Waals surface area contributed by atoms with Gasteiger partial charge in [-0.05, 0) is 30.3 Å². The number of ether oxygens (including phenoxy) is 1. The van der Waals surface area contributed by atoms with Crippen molar-refractivity contribution in [3.63, 3.8) is 0 Å². The van der Waals surface area contributed by atoms with Gasteiger partial charge in [0.15, 0.2) is 0 Å². The number of nitrogens with zero attached hydrogens (tertiary/aromatic N) is 4. The second-order valence-corrected chi connectivity index (χ2v) is 7.64. The molecule has 0 unspecified atom stereocenters. The Morgan fingerprint density at radius 2 is 1.87 bits per heavy atom. The molecule has 0 aliphatic carbocycles. The van der Waals surface area contributed by atoms with Gasteiger partial charge in [-0.25, -0.2) is 9.97 Å². The van der Waals surface area contributed by atoms with Crippen molar-refractivity contribution in [2.45, 2.75) is 25.9 Å². The van der Waals surface area contributed by atoms with Crippen molar-refractivity contribution in [1.82, 2.24) is 15.0 Å². The number of hydrogen-bond acceptors (Lipinski definition) is 7. The van der Waals surface area contributed by atoms with Crippen LogP contribution in [0.25, 0.3) is 0 Å². The first-order chi connectivity index (χ1) is 15.1. The van der Waals surface area contributed by atoms with Crippen molar-refractivity contribution < 1.29 is 9.53 Å². The predicted octanol–water partition coefficient (Wildman–Crippen LogP) is 4.27. The van der Waals surface area contributed by atoms with Crippen LogP contribution in [0.3, 0.4) is 0 Å². The summed E-state index contributed by atoms with van der Waals surface area (Å²) in [6.45, 7) is 3.02. The molecule has 31 heavy (non-hydrogen) atoms. The molecule has 0 atom stereocenters. The molecule has 8 nitrogen and oxygen atoms in total. The molecule has 9 heteroatoms. The number of para-hydroxylation sites is 1. The van der Waals surface area contributed by atoms with Gasteiger partial charge in [0.05, 0.1) is 5.02 Å². The molecule has 1 fully saturated rings. The van der Waals surface area contributed by atoms with Gasteiger partial charge in [-0.1, -0.05) is 29.8 Å². The fraction of sp³-hybridized carbons (Fsp3) is 0.273. The van der Waals surface area contributed by atoms with Gasteiger partial charge < -0.3 is 20.3 Å². The Hall–Kier alpha value is -3.39. The smallest absolute Gasteiger partial charge is 0.231 e. The third kappa shape index (κ3) is 5.61. The van der Waals surface area contributed by atoms with Crippen molar-refractivity contribution in [3.05, 3.63) is 59.9 Å². The molecule has 1 aliphatic rings. The van der Waals surface area contributed by atoms with Gasteiger partial charge in [0.2, 0.25) is 17.8 Å². The summed E-state index contributed by atoms with van der Waals surface area (Å²) in [5, 5.41) is 6.55. The normalized spacial score (nSPS) is 14.2. The molecule has 0 spiro atoms. The molecular formula is C22H23ClN6O2. The quantitative estimate of drug-likeness (QED) is 0.593. The standard InChI is InChI=1S/C22H23ClN6O2/c1-15(30)26-16-5-4-6-17(13-16)27-21-24-14-25-22(28-21)29-11-9-18(10-12-29)31-20-8-3-2-7-19(20)23/h2-8,13-14,18H,9-12H2,1H3,(H,26,30)(H,24,25,27,28). The lowest BCUT2D eigenvalue weighted by atomic mass is 10.1. The fourth-order valence-electron chi connectivity index (χ4n) is 3.40. The molecule has 0 saturated carbocycles. The molecule has 2 heterocycles. The molecule has 1 amide bonds. The third-order valence-electron chi connectivity index (χ3n) is 4.85. The van der Waals surface area contributed by atoms with Gasteiger partial charge in [-0.3, -0.25) is 4.79 Å². The van der Waals surface area contributed by atoms with E-state index in [2.05, 4.69) is 30.5 Å². The molecular weight excluding hydrogens is 416 g/mol. The summed E-state index contributed by atoms with van der Waals surface area (Å²) in [6, 6.07) is 14.9. The molecule has 2 N–H and O–H groups in total. The largest absolute Gasteiger partial charge is 0.489 e. The highest BCUT2D eigenvalue weighted by Crippen LogP contribution is 2.27. The molecule has 0 bridgehead atoms. The first kappa shape index (κ1) is 20.9. The first-order valence-electron chi connectivity index (χ1n) is 10.1. The van der Waals surface area contributed by atoms with E-state index in [1.54, 1.807) is 0 Å². The number of rotatable bonds is 6. The molecule has 3 aromatic rings. The second kappa shape index (κ2) is 9.61. The van der Waals surface area contributed by atoms with Gasteiger partial charge in [-0.2, -0.15) is 4.98 Å². The van der Waals surface area contributed by atoms with Crippen LogP contribution in [0.1, 0.15) is 19.8 Å². The topological polar surface area (TPSA) is 92.3 Å². The maximum Gasteiger partial charge on any atom is 0.231 e. The minimum absolute atomic E-state index is 0.104. The Morgan fingerprint density at radius 1 is 1.10 bits per heavy atom. The second-order valence-electron chi connectivity index (χ2n) is 7.23. The van der Waals surface area contributed by atoms with Crippen LogP contribution in [0, 0.1) is 0 Å². The highest BCUT2D eigenvalue weighted by molar-refractivity contribution is 6.32. The number of nitrogens with one attached hydrogen (secondary N) is 2. The number of aromatic nitrogens is 3. The summed E-state index contributed by atoms with van der Waals surface area (Å²) < 4.78 is 6.06. The number of amides is 1.